The molecule has 134 valence electrons. The number of aromatic nitrogens is 1. The summed E-state index contributed by atoms with van der Waals surface area (Å²) in [5.74, 6) is 0.772. The van der Waals surface area contributed by atoms with Crippen LogP contribution in [0.3, 0.4) is 0 Å². The second-order valence-corrected chi connectivity index (χ2v) is 7.02. The van der Waals surface area contributed by atoms with E-state index in [0.717, 1.165) is 22.3 Å². The monoisotopic (exact) mass is 367 g/mol. The number of oxazole rings is 1. The number of carbonyl (C=O) groups is 1. The minimum Gasteiger partial charge on any atom is -0.436 e. The van der Waals surface area contributed by atoms with Gasteiger partial charge < -0.3 is 15.1 Å². The van der Waals surface area contributed by atoms with Crippen molar-refractivity contribution >= 4 is 40.0 Å². The maximum absolute atomic E-state index is 11.8. The number of fused-ring (bicyclic) bond motifs is 1. The van der Waals surface area contributed by atoms with E-state index in [1.54, 1.807) is 0 Å². The second-order valence-electron chi connectivity index (χ2n) is 6.62. The fraction of sp³-hybridized carbons (Fsp3) is 0.250. The van der Waals surface area contributed by atoms with Crippen LogP contribution in [0.5, 0.6) is 0 Å². The summed E-state index contributed by atoms with van der Waals surface area (Å²) >= 11 is 5.20. The van der Waals surface area contributed by atoms with E-state index in [0.29, 0.717) is 17.9 Å². The first-order valence-corrected chi connectivity index (χ1v) is 8.90. The molecule has 0 saturated heterocycles. The molecule has 0 aliphatic rings. The van der Waals surface area contributed by atoms with Gasteiger partial charge >= 0.3 is 0 Å². The van der Waals surface area contributed by atoms with Crippen LogP contribution in [0.1, 0.15) is 25.8 Å². The average Bonchev–Trinajstić information content (AvgIpc) is 2.97. The lowest BCUT2D eigenvalue weighted by molar-refractivity contribution is -0.120. The van der Waals surface area contributed by atoms with E-state index in [9.17, 15) is 4.79 Å². The number of hydrogen-bond donors (Lipinski definition) is 2. The number of nitrogens with zero attached hydrogens (tertiary/aromatic N) is 1. The number of carbonyl (C=O) groups excluding carboxylic acids is 1. The standard InChI is InChI=1S/C20H21N3O2S/c1-12(2)10-18(24)23-20(26)21-14-8-9-17-16(11-14)22-19(25-17)15-7-5-4-6-13(15)3/h4-9,11-12H,10H2,1-3H3,(H2,21,23,24,26). The van der Waals surface area contributed by atoms with E-state index in [2.05, 4.69) is 15.6 Å². The van der Waals surface area contributed by atoms with Gasteiger partial charge in [0.05, 0.1) is 0 Å². The Morgan fingerprint density at radius 1 is 1.23 bits per heavy atom. The normalized spacial score (nSPS) is 10.9. The zero-order valence-electron chi connectivity index (χ0n) is 15.0. The van der Waals surface area contributed by atoms with Gasteiger partial charge in [-0.2, -0.15) is 0 Å². The van der Waals surface area contributed by atoms with Gasteiger partial charge in [0.25, 0.3) is 0 Å². The van der Waals surface area contributed by atoms with Crippen molar-refractivity contribution in [2.24, 2.45) is 5.92 Å². The molecule has 0 spiro atoms. The molecule has 1 heterocycles. The maximum atomic E-state index is 11.8. The van der Waals surface area contributed by atoms with Crippen molar-refractivity contribution in [1.29, 1.82) is 0 Å². The van der Waals surface area contributed by atoms with E-state index in [-0.39, 0.29) is 16.9 Å². The Labute approximate surface area is 157 Å². The molecule has 2 aromatic carbocycles. The number of nitrogens with one attached hydrogen (secondary N) is 2. The lowest BCUT2D eigenvalue weighted by Crippen LogP contribution is -2.34. The molecule has 2 N–H and O–H groups in total. The van der Waals surface area contributed by atoms with Crippen LogP contribution in [0.25, 0.3) is 22.6 Å². The van der Waals surface area contributed by atoms with Crippen molar-refractivity contribution in [2.75, 3.05) is 5.32 Å². The van der Waals surface area contributed by atoms with E-state index in [1.165, 1.54) is 0 Å². The van der Waals surface area contributed by atoms with E-state index in [4.69, 9.17) is 16.6 Å². The Balaban J connectivity index is 1.76. The Morgan fingerprint density at radius 3 is 2.73 bits per heavy atom. The molecular formula is C20H21N3O2S. The number of benzene rings is 2. The zero-order chi connectivity index (χ0) is 18.7. The molecule has 6 heteroatoms. The molecule has 0 aliphatic carbocycles. The lowest BCUT2D eigenvalue weighted by atomic mass is 10.1. The highest BCUT2D eigenvalue weighted by Gasteiger charge is 2.12. The van der Waals surface area contributed by atoms with Gasteiger partial charge in [-0.1, -0.05) is 32.0 Å². The molecule has 0 bridgehead atoms. The van der Waals surface area contributed by atoms with Gasteiger partial charge in [-0.25, -0.2) is 4.98 Å². The van der Waals surface area contributed by atoms with Crippen molar-refractivity contribution < 1.29 is 9.21 Å². The van der Waals surface area contributed by atoms with Crippen LogP contribution in [0, 0.1) is 12.8 Å². The molecule has 0 radical (unpaired) electrons. The van der Waals surface area contributed by atoms with Gasteiger partial charge in [-0.15, -0.1) is 0 Å². The molecule has 0 fully saturated rings. The van der Waals surface area contributed by atoms with Crippen LogP contribution >= 0.6 is 12.2 Å². The molecule has 26 heavy (non-hydrogen) atoms. The van der Waals surface area contributed by atoms with Crippen molar-refractivity contribution in [3.05, 3.63) is 48.0 Å². The molecule has 3 aromatic rings. The first-order chi connectivity index (χ1) is 12.4. The first-order valence-electron chi connectivity index (χ1n) is 8.50. The summed E-state index contributed by atoms with van der Waals surface area (Å²) in [5, 5.41) is 5.98. The minimum atomic E-state index is -0.0955. The molecule has 0 aliphatic heterocycles. The Bertz CT molecular complexity index is 963. The summed E-state index contributed by atoms with van der Waals surface area (Å²) in [4.78, 5) is 16.4. The summed E-state index contributed by atoms with van der Waals surface area (Å²) in [6.45, 7) is 6.00. The van der Waals surface area contributed by atoms with Crippen LogP contribution in [-0.2, 0) is 4.79 Å². The third-order valence-electron chi connectivity index (χ3n) is 3.87. The number of amides is 1. The van der Waals surface area contributed by atoms with Crippen molar-refractivity contribution in [3.63, 3.8) is 0 Å². The van der Waals surface area contributed by atoms with Gasteiger partial charge in [-0.3, -0.25) is 4.79 Å². The molecule has 5 nitrogen and oxygen atoms in total. The second kappa shape index (κ2) is 7.66. The number of thiocarbonyl (C=S) groups is 1. The lowest BCUT2D eigenvalue weighted by Gasteiger charge is -2.10. The average molecular weight is 367 g/mol. The summed E-state index contributed by atoms with van der Waals surface area (Å²) < 4.78 is 5.86. The van der Waals surface area contributed by atoms with Crippen molar-refractivity contribution in [1.82, 2.24) is 10.3 Å². The smallest absolute Gasteiger partial charge is 0.227 e. The maximum Gasteiger partial charge on any atom is 0.227 e. The van der Waals surface area contributed by atoms with E-state index < -0.39 is 0 Å². The largest absolute Gasteiger partial charge is 0.436 e. The first kappa shape index (κ1) is 18.1. The highest BCUT2D eigenvalue weighted by Crippen LogP contribution is 2.28. The van der Waals surface area contributed by atoms with E-state index in [1.807, 2.05) is 63.2 Å². The van der Waals surface area contributed by atoms with Gasteiger partial charge in [0.2, 0.25) is 11.8 Å². The molecule has 1 amide bonds. The number of anilines is 1. The minimum absolute atomic E-state index is 0.0955. The predicted molar refractivity (Wildman–Crippen MR) is 108 cm³/mol. The predicted octanol–water partition coefficient (Wildman–Crippen LogP) is 4.66. The molecule has 0 saturated carbocycles. The van der Waals surface area contributed by atoms with Crippen LogP contribution in [0.2, 0.25) is 0 Å². The number of rotatable bonds is 4. The summed E-state index contributed by atoms with van der Waals surface area (Å²) in [6.07, 6.45) is 0.434. The van der Waals surface area contributed by atoms with Gasteiger partial charge in [0.15, 0.2) is 10.7 Å². The van der Waals surface area contributed by atoms with Crippen LogP contribution < -0.4 is 10.6 Å². The Morgan fingerprint density at radius 2 is 2.00 bits per heavy atom. The quantitative estimate of drug-likeness (QED) is 0.656. The third-order valence-corrected chi connectivity index (χ3v) is 4.07. The number of hydrogen-bond acceptors (Lipinski definition) is 4. The van der Waals surface area contributed by atoms with Gasteiger partial charge in [0, 0.05) is 17.7 Å². The Kier molecular flexibility index (Phi) is 5.32. The van der Waals surface area contributed by atoms with Crippen molar-refractivity contribution in [3.8, 4) is 11.5 Å². The molecule has 0 atom stereocenters. The summed E-state index contributed by atoms with van der Waals surface area (Å²) in [6, 6.07) is 13.5. The molecular weight excluding hydrogens is 346 g/mol. The van der Waals surface area contributed by atoms with Gasteiger partial charge in [0.1, 0.15) is 5.52 Å². The number of aryl methyl sites for hydroxylation is 1. The van der Waals surface area contributed by atoms with Crippen LogP contribution in [-0.4, -0.2) is 16.0 Å². The Hall–Kier alpha value is -2.73. The SMILES string of the molecule is Cc1ccccc1-c1nc2cc(NC(=S)NC(=O)CC(C)C)ccc2o1. The summed E-state index contributed by atoms with van der Waals surface area (Å²) in [5.41, 5.74) is 4.24. The van der Waals surface area contributed by atoms with Crippen molar-refractivity contribution in [2.45, 2.75) is 27.2 Å². The van der Waals surface area contributed by atoms with E-state index >= 15 is 0 Å². The fourth-order valence-corrected chi connectivity index (χ4v) is 2.88. The molecule has 3 rings (SSSR count). The highest BCUT2D eigenvalue weighted by atomic mass is 32.1. The topological polar surface area (TPSA) is 67.2 Å². The summed E-state index contributed by atoms with van der Waals surface area (Å²) in [7, 11) is 0. The fourth-order valence-electron chi connectivity index (χ4n) is 2.64. The molecule has 0 unspecified atom stereocenters. The van der Waals surface area contributed by atoms with Crippen LogP contribution in [0.4, 0.5) is 5.69 Å². The van der Waals surface area contributed by atoms with Gasteiger partial charge in [-0.05, 0) is 54.9 Å². The highest BCUT2D eigenvalue weighted by molar-refractivity contribution is 7.80. The third kappa shape index (κ3) is 4.26. The zero-order valence-corrected chi connectivity index (χ0v) is 15.8. The van der Waals surface area contributed by atoms with Crippen LogP contribution in [0.15, 0.2) is 46.9 Å². The molecule has 1 aromatic heterocycles.